The molecular weight excluding hydrogens is 336 g/mol. The smallest absolute Gasteiger partial charge is 0.255 e. The molecule has 0 aliphatic carbocycles. The lowest BCUT2D eigenvalue weighted by atomic mass is 10.1. The van der Waals surface area contributed by atoms with Crippen LogP contribution in [0.15, 0.2) is 30.3 Å². The molecule has 0 heterocycles. The van der Waals surface area contributed by atoms with Gasteiger partial charge in [-0.2, -0.15) is 0 Å². The van der Waals surface area contributed by atoms with Crippen molar-refractivity contribution in [3.8, 4) is 23.0 Å². The van der Waals surface area contributed by atoms with Crippen molar-refractivity contribution in [2.45, 2.75) is 13.3 Å². The van der Waals surface area contributed by atoms with Crippen molar-refractivity contribution in [3.63, 3.8) is 0 Å². The lowest BCUT2D eigenvalue weighted by Gasteiger charge is -2.15. The van der Waals surface area contributed by atoms with Crippen molar-refractivity contribution >= 4 is 17.3 Å². The van der Waals surface area contributed by atoms with E-state index >= 15 is 0 Å². The van der Waals surface area contributed by atoms with Crippen LogP contribution in [-0.4, -0.2) is 33.8 Å². The number of rotatable bonds is 8. The molecule has 0 spiro atoms. The maximum absolute atomic E-state index is 12.5. The first-order valence-electron chi connectivity index (χ1n) is 8.17. The number of hydrogen-bond donors (Lipinski definition) is 2. The van der Waals surface area contributed by atoms with Gasteiger partial charge in [-0.1, -0.05) is 6.92 Å². The van der Waals surface area contributed by atoms with E-state index in [2.05, 4.69) is 5.32 Å². The van der Waals surface area contributed by atoms with Crippen LogP contribution in [0.1, 0.15) is 23.7 Å². The number of anilines is 2. The molecule has 140 valence electrons. The zero-order chi connectivity index (χ0) is 19.1. The quantitative estimate of drug-likeness (QED) is 0.702. The van der Waals surface area contributed by atoms with Gasteiger partial charge in [0.1, 0.15) is 5.75 Å². The number of benzene rings is 2. The van der Waals surface area contributed by atoms with E-state index in [1.54, 1.807) is 30.3 Å². The van der Waals surface area contributed by atoms with E-state index in [0.717, 1.165) is 6.42 Å². The van der Waals surface area contributed by atoms with E-state index in [9.17, 15) is 4.79 Å². The Kier molecular flexibility index (Phi) is 6.54. The van der Waals surface area contributed by atoms with Crippen molar-refractivity contribution in [3.05, 3.63) is 35.9 Å². The van der Waals surface area contributed by atoms with Crippen LogP contribution in [-0.2, 0) is 0 Å². The summed E-state index contributed by atoms with van der Waals surface area (Å²) in [5.41, 5.74) is 7.30. The Balaban J connectivity index is 2.23. The zero-order valence-electron chi connectivity index (χ0n) is 15.4. The third kappa shape index (κ3) is 4.30. The monoisotopic (exact) mass is 360 g/mol. The van der Waals surface area contributed by atoms with Crippen molar-refractivity contribution in [2.75, 3.05) is 39.0 Å². The number of hydrogen-bond acceptors (Lipinski definition) is 6. The van der Waals surface area contributed by atoms with Gasteiger partial charge in [0.2, 0.25) is 5.75 Å². The average molecular weight is 360 g/mol. The molecule has 0 unspecified atom stereocenters. The van der Waals surface area contributed by atoms with Crippen LogP contribution >= 0.6 is 0 Å². The summed E-state index contributed by atoms with van der Waals surface area (Å²) in [6.45, 7) is 2.58. The molecule has 3 N–H and O–H groups in total. The van der Waals surface area contributed by atoms with Crippen molar-refractivity contribution < 1.29 is 23.7 Å². The Hall–Kier alpha value is -3.09. The molecule has 7 heteroatoms. The van der Waals surface area contributed by atoms with Crippen LogP contribution in [0.2, 0.25) is 0 Å². The summed E-state index contributed by atoms with van der Waals surface area (Å²) in [6.07, 6.45) is 0.878. The van der Waals surface area contributed by atoms with Gasteiger partial charge in [-0.15, -0.1) is 0 Å². The summed E-state index contributed by atoms with van der Waals surface area (Å²) in [6, 6.07) is 8.24. The molecule has 1 amide bonds. The highest BCUT2D eigenvalue weighted by molar-refractivity contribution is 6.05. The maximum atomic E-state index is 12.5. The molecule has 2 aromatic carbocycles. The van der Waals surface area contributed by atoms with Gasteiger partial charge in [-0.25, -0.2) is 0 Å². The number of ether oxygens (including phenoxy) is 4. The fraction of sp³-hybridized carbons (Fsp3) is 0.316. The molecule has 0 saturated heterocycles. The number of carbonyl (C=O) groups is 1. The van der Waals surface area contributed by atoms with Crippen LogP contribution < -0.4 is 30.0 Å². The topological polar surface area (TPSA) is 92.0 Å². The highest BCUT2D eigenvalue weighted by Crippen LogP contribution is 2.40. The van der Waals surface area contributed by atoms with Crippen LogP contribution in [0, 0.1) is 0 Å². The predicted molar refractivity (Wildman–Crippen MR) is 101 cm³/mol. The molecule has 0 atom stereocenters. The first-order chi connectivity index (χ1) is 12.5. The largest absolute Gasteiger partial charge is 0.493 e. The Morgan fingerprint density at radius 2 is 1.65 bits per heavy atom. The van der Waals surface area contributed by atoms with Gasteiger partial charge in [0.05, 0.1) is 33.6 Å². The molecule has 2 aromatic rings. The molecule has 26 heavy (non-hydrogen) atoms. The molecule has 7 nitrogen and oxygen atoms in total. The van der Waals surface area contributed by atoms with Crippen LogP contribution in [0.25, 0.3) is 0 Å². The van der Waals surface area contributed by atoms with Crippen molar-refractivity contribution in [2.24, 2.45) is 0 Å². The first kappa shape index (κ1) is 19.2. The number of nitrogens with two attached hydrogens (primary N) is 1. The van der Waals surface area contributed by atoms with E-state index in [4.69, 9.17) is 24.7 Å². The minimum Gasteiger partial charge on any atom is -0.493 e. The molecule has 0 aliphatic rings. The number of nitrogen functional groups attached to an aromatic ring is 1. The van der Waals surface area contributed by atoms with Gasteiger partial charge in [-0.05, 0) is 24.6 Å². The second kappa shape index (κ2) is 8.84. The molecule has 0 saturated carbocycles. The normalized spacial score (nSPS) is 10.2. The summed E-state index contributed by atoms with van der Waals surface area (Å²) in [5.74, 6) is 1.61. The van der Waals surface area contributed by atoms with E-state index in [-0.39, 0.29) is 5.91 Å². The first-order valence-corrected chi connectivity index (χ1v) is 8.17. The maximum Gasteiger partial charge on any atom is 0.255 e. The van der Waals surface area contributed by atoms with Crippen LogP contribution in [0.3, 0.4) is 0 Å². The standard InChI is InChI=1S/C19H24N2O5/c1-5-8-26-15-7-6-12(9-14(15)20)19(22)21-13-10-16(23-2)18(25-4)17(11-13)24-3/h6-7,9-11H,5,8,20H2,1-4H3,(H,21,22). The van der Waals surface area contributed by atoms with Crippen LogP contribution in [0.5, 0.6) is 23.0 Å². The Morgan fingerprint density at radius 3 is 2.15 bits per heavy atom. The number of amides is 1. The lowest BCUT2D eigenvalue weighted by molar-refractivity contribution is 0.102. The minimum atomic E-state index is -0.312. The SMILES string of the molecule is CCCOc1ccc(C(=O)Nc2cc(OC)c(OC)c(OC)c2)cc1N. The average Bonchev–Trinajstić information content (AvgIpc) is 2.65. The molecule has 0 aliphatic heterocycles. The van der Waals surface area contributed by atoms with Crippen molar-refractivity contribution in [1.29, 1.82) is 0 Å². The summed E-state index contributed by atoms with van der Waals surface area (Å²) >= 11 is 0. The van der Waals surface area contributed by atoms with Gasteiger partial charge in [0, 0.05) is 23.4 Å². The zero-order valence-corrected chi connectivity index (χ0v) is 15.4. The second-order valence-electron chi connectivity index (χ2n) is 5.47. The fourth-order valence-electron chi connectivity index (χ4n) is 2.39. The molecule has 2 rings (SSSR count). The molecule has 0 aromatic heterocycles. The number of nitrogens with one attached hydrogen (secondary N) is 1. The summed E-state index contributed by atoms with van der Waals surface area (Å²) in [4.78, 5) is 12.5. The third-order valence-corrected chi connectivity index (χ3v) is 3.66. The second-order valence-corrected chi connectivity index (χ2v) is 5.47. The summed E-state index contributed by atoms with van der Waals surface area (Å²) in [5, 5.41) is 2.80. The van der Waals surface area contributed by atoms with Crippen molar-refractivity contribution in [1.82, 2.24) is 0 Å². The van der Waals surface area contributed by atoms with Gasteiger partial charge >= 0.3 is 0 Å². The lowest BCUT2D eigenvalue weighted by Crippen LogP contribution is -2.13. The molecule has 0 fully saturated rings. The highest BCUT2D eigenvalue weighted by atomic mass is 16.5. The van der Waals surface area contributed by atoms with Gasteiger partial charge in [0.15, 0.2) is 11.5 Å². The molecule has 0 radical (unpaired) electrons. The Labute approximate surface area is 153 Å². The van der Waals surface area contributed by atoms with E-state index in [0.29, 0.717) is 46.5 Å². The molecular formula is C19H24N2O5. The number of methoxy groups -OCH3 is 3. The van der Waals surface area contributed by atoms with Gasteiger partial charge < -0.3 is 30.0 Å². The highest BCUT2D eigenvalue weighted by Gasteiger charge is 2.15. The van der Waals surface area contributed by atoms with Gasteiger partial charge in [-0.3, -0.25) is 4.79 Å². The summed E-state index contributed by atoms with van der Waals surface area (Å²) < 4.78 is 21.4. The van der Waals surface area contributed by atoms with Gasteiger partial charge in [0.25, 0.3) is 5.91 Å². The Morgan fingerprint density at radius 1 is 1.00 bits per heavy atom. The van der Waals surface area contributed by atoms with E-state index in [1.807, 2.05) is 6.92 Å². The third-order valence-electron chi connectivity index (χ3n) is 3.66. The molecule has 0 bridgehead atoms. The number of carbonyl (C=O) groups excluding carboxylic acids is 1. The minimum absolute atomic E-state index is 0.312. The summed E-state index contributed by atoms with van der Waals surface area (Å²) in [7, 11) is 4.54. The Bertz CT molecular complexity index is 752. The van der Waals surface area contributed by atoms with E-state index in [1.165, 1.54) is 21.3 Å². The van der Waals surface area contributed by atoms with Crippen LogP contribution in [0.4, 0.5) is 11.4 Å². The van der Waals surface area contributed by atoms with E-state index < -0.39 is 0 Å². The predicted octanol–water partition coefficient (Wildman–Crippen LogP) is 3.34. The fourth-order valence-corrected chi connectivity index (χ4v) is 2.39.